The highest BCUT2D eigenvalue weighted by molar-refractivity contribution is 7.89. The molecule has 1 saturated heterocycles. The van der Waals surface area contributed by atoms with Crippen LogP contribution in [0.1, 0.15) is 54.9 Å². The smallest absolute Gasteiger partial charge is 0.279 e. The van der Waals surface area contributed by atoms with Gasteiger partial charge in [-0.05, 0) is 67.6 Å². The Balaban J connectivity index is 1.58. The van der Waals surface area contributed by atoms with Gasteiger partial charge in [0.15, 0.2) is 4.80 Å². The number of hydrogen-bond donors (Lipinski definition) is 0. The summed E-state index contributed by atoms with van der Waals surface area (Å²) in [6.07, 6.45) is 6.20. The Labute approximate surface area is 193 Å². The van der Waals surface area contributed by atoms with E-state index >= 15 is 0 Å². The van der Waals surface area contributed by atoms with E-state index in [2.05, 4.69) is 30.1 Å². The molecule has 1 amide bonds. The zero-order chi connectivity index (χ0) is 22.7. The standard InChI is InChI=1S/C24H29N3O3S2/c1-3-4-8-18-9-14-21-22(17-18)31-24(26(21)2)25-23(28)19-10-12-20(13-11-19)32(29,30)27-15-6-5-7-16-27/h9-14,17H,3-8,15-16H2,1-2H3. The highest BCUT2D eigenvalue weighted by atomic mass is 32.2. The van der Waals surface area contributed by atoms with Crippen molar-refractivity contribution in [3.63, 3.8) is 0 Å². The van der Waals surface area contributed by atoms with Crippen molar-refractivity contribution in [1.29, 1.82) is 0 Å². The number of rotatable bonds is 6. The van der Waals surface area contributed by atoms with E-state index in [9.17, 15) is 13.2 Å². The molecule has 1 fully saturated rings. The van der Waals surface area contributed by atoms with Gasteiger partial charge < -0.3 is 4.57 Å². The number of unbranched alkanes of at least 4 members (excludes halogenated alkanes) is 1. The maximum absolute atomic E-state index is 12.8. The Morgan fingerprint density at radius 3 is 2.47 bits per heavy atom. The summed E-state index contributed by atoms with van der Waals surface area (Å²) in [4.78, 5) is 18.0. The molecule has 1 aromatic heterocycles. The molecule has 4 rings (SSSR count). The molecule has 1 aliphatic heterocycles. The first-order valence-corrected chi connectivity index (χ1v) is 13.4. The summed E-state index contributed by atoms with van der Waals surface area (Å²) in [6, 6.07) is 12.5. The third-order valence-electron chi connectivity index (χ3n) is 5.94. The summed E-state index contributed by atoms with van der Waals surface area (Å²) in [5, 5.41) is 0. The molecular formula is C24H29N3O3S2. The third-order valence-corrected chi connectivity index (χ3v) is 8.95. The second-order valence-corrected chi connectivity index (χ2v) is 11.2. The first kappa shape index (κ1) is 22.9. The molecule has 0 bridgehead atoms. The first-order chi connectivity index (χ1) is 15.4. The minimum atomic E-state index is -3.51. The summed E-state index contributed by atoms with van der Waals surface area (Å²) in [6.45, 7) is 3.30. The molecule has 2 heterocycles. The number of aryl methyl sites for hydroxylation is 2. The van der Waals surface area contributed by atoms with Gasteiger partial charge in [-0.15, -0.1) is 0 Å². The third kappa shape index (κ3) is 4.72. The molecule has 0 spiro atoms. The van der Waals surface area contributed by atoms with Gasteiger partial charge in [0.05, 0.1) is 15.1 Å². The van der Waals surface area contributed by atoms with E-state index in [0.29, 0.717) is 23.5 Å². The summed E-state index contributed by atoms with van der Waals surface area (Å²) < 4.78 is 30.2. The minimum Gasteiger partial charge on any atom is -0.319 e. The van der Waals surface area contributed by atoms with Gasteiger partial charge in [0.1, 0.15) is 0 Å². The van der Waals surface area contributed by atoms with Crippen LogP contribution in [0.25, 0.3) is 10.2 Å². The van der Waals surface area contributed by atoms with Crippen LogP contribution in [0.4, 0.5) is 0 Å². The predicted octanol–water partition coefficient (Wildman–Crippen LogP) is 4.50. The average Bonchev–Trinajstić information content (AvgIpc) is 3.12. The van der Waals surface area contributed by atoms with Crippen molar-refractivity contribution in [2.24, 2.45) is 12.0 Å². The molecule has 6 nitrogen and oxygen atoms in total. The Morgan fingerprint density at radius 1 is 1.06 bits per heavy atom. The van der Waals surface area contributed by atoms with Crippen molar-refractivity contribution >= 4 is 37.5 Å². The number of piperidine rings is 1. The molecule has 0 radical (unpaired) electrons. The number of nitrogens with zero attached hydrogens (tertiary/aromatic N) is 3. The molecule has 0 aliphatic carbocycles. The van der Waals surface area contributed by atoms with Crippen molar-refractivity contribution in [3.8, 4) is 0 Å². The summed E-state index contributed by atoms with van der Waals surface area (Å²) in [7, 11) is -1.60. The van der Waals surface area contributed by atoms with Gasteiger partial charge in [-0.2, -0.15) is 9.30 Å². The van der Waals surface area contributed by atoms with E-state index in [-0.39, 0.29) is 10.8 Å². The fourth-order valence-corrected chi connectivity index (χ4v) is 6.59. The molecule has 8 heteroatoms. The number of benzene rings is 2. The van der Waals surface area contributed by atoms with Gasteiger partial charge >= 0.3 is 0 Å². The van der Waals surface area contributed by atoms with E-state index in [1.807, 2.05) is 11.6 Å². The monoisotopic (exact) mass is 471 g/mol. The molecule has 0 unspecified atom stereocenters. The van der Waals surface area contributed by atoms with Crippen LogP contribution in [0, 0.1) is 0 Å². The van der Waals surface area contributed by atoms with Crippen LogP contribution in [0.2, 0.25) is 0 Å². The fraction of sp³-hybridized carbons (Fsp3) is 0.417. The number of fused-ring (bicyclic) bond motifs is 1. The Morgan fingerprint density at radius 2 is 1.78 bits per heavy atom. The van der Waals surface area contributed by atoms with Gasteiger partial charge in [-0.25, -0.2) is 8.42 Å². The molecule has 0 saturated carbocycles. The highest BCUT2D eigenvalue weighted by Gasteiger charge is 2.25. The Bertz CT molecular complexity index is 1280. The van der Waals surface area contributed by atoms with Crippen LogP contribution in [0.3, 0.4) is 0 Å². The fourth-order valence-electron chi connectivity index (χ4n) is 4.00. The lowest BCUT2D eigenvalue weighted by Gasteiger charge is -2.25. The molecule has 0 N–H and O–H groups in total. The first-order valence-electron chi connectivity index (χ1n) is 11.2. The summed E-state index contributed by atoms with van der Waals surface area (Å²) in [5.74, 6) is -0.375. The molecule has 2 aromatic carbocycles. The topological polar surface area (TPSA) is 71.7 Å². The number of sulfonamides is 1. The van der Waals surface area contributed by atoms with Crippen molar-refractivity contribution in [3.05, 3.63) is 58.4 Å². The molecular weight excluding hydrogens is 442 g/mol. The average molecular weight is 472 g/mol. The van der Waals surface area contributed by atoms with Crippen LogP contribution >= 0.6 is 11.3 Å². The maximum atomic E-state index is 12.8. The Hall–Kier alpha value is -2.29. The largest absolute Gasteiger partial charge is 0.319 e. The second-order valence-electron chi connectivity index (χ2n) is 8.26. The zero-order valence-corrected chi connectivity index (χ0v) is 20.2. The SMILES string of the molecule is CCCCc1ccc2c(c1)sc(=NC(=O)c1ccc(S(=O)(=O)N3CCCCC3)cc1)n2C. The van der Waals surface area contributed by atoms with Gasteiger partial charge in [0, 0.05) is 25.7 Å². The highest BCUT2D eigenvalue weighted by Crippen LogP contribution is 2.22. The van der Waals surface area contributed by atoms with Crippen molar-refractivity contribution in [2.75, 3.05) is 13.1 Å². The van der Waals surface area contributed by atoms with Crippen LogP contribution in [0.15, 0.2) is 52.4 Å². The minimum absolute atomic E-state index is 0.225. The van der Waals surface area contributed by atoms with Crippen LogP contribution in [-0.2, 0) is 23.5 Å². The van der Waals surface area contributed by atoms with E-state index in [1.165, 1.54) is 33.3 Å². The van der Waals surface area contributed by atoms with Crippen LogP contribution in [-0.4, -0.2) is 36.3 Å². The maximum Gasteiger partial charge on any atom is 0.279 e. The lowest BCUT2D eigenvalue weighted by Crippen LogP contribution is -2.35. The van der Waals surface area contributed by atoms with E-state index in [0.717, 1.165) is 48.7 Å². The lowest BCUT2D eigenvalue weighted by molar-refractivity contribution is 0.0998. The molecule has 0 atom stereocenters. The van der Waals surface area contributed by atoms with Gasteiger partial charge in [-0.1, -0.05) is 37.2 Å². The van der Waals surface area contributed by atoms with Gasteiger partial charge in [0.25, 0.3) is 5.91 Å². The van der Waals surface area contributed by atoms with Gasteiger partial charge in [0.2, 0.25) is 10.0 Å². The lowest BCUT2D eigenvalue weighted by atomic mass is 10.1. The second kappa shape index (κ2) is 9.68. The van der Waals surface area contributed by atoms with E-state index < -0.39 is 10.0 Å². The number of aromatic nitrogens is 1. The zero-order valence-electron chi connectivity index (χ0n) is 18.6. The van der Waals surface area contributed by atoms with E-state index in [4.69, 9.17) is 0 Å². The van der Waals surface area contributed by atoms with E-state index in [1.54, 1.807) is 12.1 Å². The van der Waals surface area contributed by atoms with Crippen molar-refractivity contribution in [2.45, 2.75) is 50.3 Å². The number of hydrogen-bond acceptors (Lipinski definition) is 4. The molecule has 3 aromatic rings. The van der Waals surface area contributed by atoms with Crippen molar-refractivity contribution < 1.29 is 13.2 Å². The normalized spacial score (nSPS) is 16.0. The number of amides is 1. The van der Waals surface area contributed by atoms with Gasteiger partial charge in [-0.3, -0.25) is 4.79 Å². The van der Waals surface area contributed by atoms with Crippen LogP contribution < -0.4 is 4.80 Å². The quantitative estimate of drug-likeness (QED) is 0.531. The summed E-state index contributed by atoms with van der Waals surface area (Å²) >= 11 is 1.49. The van der Waals surface area contributed by atoms with Crippen molar-refractivity contribution in [1.82, 2.24) is 8.87 Å². The molecule has 170 valence electrons. The number of thiazole rings is 1. The molecule has 32 heavy (non-hydrogen) atoms. The molecule has 1 aliphatic rings. The number of carbonyl (C=O) groups is 1. The predicted molar refractivity (Wildman–Crippen MR) is 128 cm³/mol. The number of carbonyl (C=O) groups excluding carboxylic acids is 1. The Kier molecular flexibility index (Phi) is 6.93. The van der Waals surface area contributed by atoms with Crippen LogP contribution in [0.5, 0.6) is 0 Å². The summed E-state index contributed by atoms with van der Waals surface area (Å²) in [5.41, 5.74) is 2.72.